The van der Waals surface area contributed by atoms with E-state index < -0.39 is 22.9 Å². The fourth-order valence-corrected chi connectivity index (χ4v) is 8.13. The number of aryl methyl sites for hydroxylation is 1. The van der Waals surface area contributed by atoms with Crippen LogP contribution in [-0.4, -0.2) is 23.5 Å². The van der Waals surface area contributed by atoms with E-state index in [1.165, 1.54) is 26.8 Å². The predicted octanol–water partition coefficient (Wildman–Crippen LogP) is 4.06. The van der Waals surface area contributed by atoms with E-state index in [1.807, 2.05) is 12.4 Å². The van der Waals surface area contributed by atoms with Gasteiger partial charge < -0.3 is 4.55 Å². The Morgan fingerprint density at radius 2 is 1.09 bits per heavy atom. The number of hydrogen-bond donors (Lipinski definition) is 0. The van der Waals surface area contributed by atoms with Crippen LogP contribution in [0.3, 0.4) is 0 Å². The Morgan fingerprint density at radius 1 is 0.735 bits per heavy atom. The molecule has 0 radical (unpaired) electrons. The number of halogens is 3. The number of nitrogens with zero attached hydrogens (tertiary/aromatic N) is 1. The molecule has 0 aliphatic heterocycles. The fourth-order valence-electron chi connectivity index (χ4n) is 3.66. The summed E-state index contributed by atoms with van der Waals surface area (Å²) in [5, 5.41) is 5.47. The molecule has 0 saturated carbocycles. The largest absolute Gasteiger partial charge is 0.741 e. The van der Waals surface area contributed by atoms with Crippen LogP contribution in [0.25, 0.3) is 0 Å². The second-order valence-electron chi connectivity index (χ2n) is 7.24. The van der Waals surface area contributed by atoms with Crippen LogP contribution in [0.5, 0.6) is 0 Å². The molecule has 3 aromatic carbocycles. The summed E-state index contributed by atoms with van der Waals surface area (Å²) in [5.74, 6) is 0. The zero-order chi connectivity index (χ0) is 24.8. The minimum atomic E-state index is -6.09. The molecule has 0 fully saturated rings. The zero-order valence-electron chi connectivity index (χ0n) is 18.1. The molecule has 0 aliphatic rings. The number of pyridine rings is 1. The summed E-state index contributed by atoms with van der Waals surface area (Å²) in [6, 6.07) is 35.0. The summed E-state index contributed by atoms with van der Waals surface area (Å²) in [4.78, 5) is 4.36. The normalized spacial score (nSPS) is 11.9. The summed E-state index contributed by atoms with van der Waals surface area (Å²) in [6.45, 7) is 2.17. The second-order valence-corrected chi connectivity index (χ2v) is 12.0. The molecule has 0 spiro atoms. The van der Waals surface area contributed by atoms with Gasteiger partial charge in [-0.15, -0.1) is 0 Å². The van der Waals surface area contributed by atoms with Crippen molar-refractivity contribution in [3.05, 3.63) is 115 Å². The molecule has 4 rings (SSSR count). The average molecular weight is 503 g/mol. The standard InChI is InChI=1S/C24H21NP.CHF3O3S/c1-20-19-25-18-17-24(20)26(21-11-5-2-6-12-21,22-13-7-3-8-14-22)23-15-9-4-10-16-23;2-1(3,4)8(5,6)7/h2-19H,1H3;(H,5,6,7)/q+1;/p-1. The molecule has 1 heterocycles. The van der Waals surface area contributed by atoms with Crippen LogP contribution in [0.4, 0.5) is 13.2 Å². The van der Waals surface area contributed by atoms with Gasteiger partial charge in [0.2, 0.25) is 0 Å². The van der Waals surface area contributed by atoms with Crippen molar-refractivity contribution in [1.29, 1.82) is 0 Å². The van der Waals surface area contributed by atoms with Crippen molar-refractivity contribution in [2.45, 2.75) is 12.4 Å². The molecule has 0 amide bonds. The first-order chi connectivity index (χ1) is 16.1. The van der Waals surface area contributed by atoms with Gasteiger partial charge in [0.15, 0.2) is 10.1 Å². The first-order valence-corrected chi connectivity index (χ1v) is 13.3. The molecule has 0 saturated heterocycles. The van der Waals surface area contributed by atoms with Gasteiger partial charge in [-0.2, -0.15) is 13.2 Å². The van der Waals surface area contributed by atoms with Crippen LogP contribution < -0.4 is 21.2 Å². The maximum Gasteiger partial charge on any atom is 0.485 e. The summed E-state index contributed by atoms with van der Waals surface area (Å²) in [6.07, 6.45) is 3.91. The van der Waals surface area contributed by atoms with E-state index in [1.54, 1.807) is 0 Å². The third-order valence-corrected chi connectivity index (χ3v) is 10.1. The monoisotopic (exact) mass is 503 g/mol. The second kappa shape index (κ2) is 10.5. The first-order valence-electron chi connectivity index (χ1n) is 10.1. The number of benzene rings is 3. The van der Waals surface area contributed by atoms with E-state index in [9.17, 15) is 13.2 Å². The van der Waals surface area contributed by atoms with Crippen molar-refractivity contribution < 1.29 is 26.1 Å². The van der Waals surface area contributed by atoms with Crippen LogP contribution >= 0.6 is 7.26 Å². The highest BCUT2D eigenvalue weighted by atomic mass is 32.2. The van der Waals surface area contributed by atoms with Gasteiger partial charge in [-0.3, -0.25) is 4.98 Å². The first kappa shape index (κ1) is 25.6. The van der Waals surface area contributed by atoms with Crippen LogP contribution in [0.15, 0.2) is 109 Å². The van der Waals surface area contributed by atoms with E-state index in [-0.39, 0.29) is 0 Å². The van der Waals surface area contributed by atoms with Crippen LogP contribution in [0.1, 0.15) is 5.56 Å². The SMILES string of the molecule is Cc1cnccc1[P+](c1ccccc1)(c1ccccc1)c1ccccc1.O=S(=O)([O-])C(F)(F)F. The lowest BCUT2D eigenvalue weighted by atomic mass is 10.3. The van der Waals surface area contributed by atoms with Crippen molar-refractivity contribution in [3.8, 4) is 0 Å². The molecule has 4 aromatic rings. The van der Waals surface area contributed by atoms with Gasteiger partial charge in [0.1, 0.15) is 28.5 Å². The fraction of sp³-hybridized carbons (Fsp3) is 0.0800. The molecule has 0 N–H and O–H groups in total. The van der Waals surface area contributed by atoms with E-state index in [0.717, 1.165) is 0 Å². The van der Waals surface area contributed by atoms with Crippen LogP contribution in [-0.2, 0) is 10.1 Å². The van der Waals surface area contributed by atoms with Gasteiger partial charge in [0.05, 0.1) is 0 Å². The predicted molar refractivity (Wildman–Crippen MR) is 130 cm³/mol. The van der Waals surface area contributed by atoms with E-state index in [0.29, 0.717) is 0 Å². The molecule has 34 heavy (non-hydrogen) atoms. The highest BCUT2D eigenvalue weighted by Crippen LogP contribution is 2.54. The van der Waals surface area contributed by atoms with Crippen molar-refractivity contribution in [1.82, 2.24) is 4.98 Å². The van der Waals surface area contributed by atoms with Gasteiger partial charge in [-0.25, -0.2) is 8.42 Å². The number of aromatic nitrogens is 1. The van der Waals surface area contributed by atoms with Crippen molar-refractivity contribution in [2.75, 3.05) is 0 Å². The summed E-state index contributed by atoms with van der Waals surface area (Å²) in [7, 11) is -8.07. The van der Waals surface area contributed by atoms with Crippen molar-refractivity contribution in [2.24, 2.45) is 0 Å². The molecule has 9 heteroatoms. The molecule has 176 valence electrons. The maximum absolute atomic E-state index is 10.7. The smallest absolute Gasteiger partial charge is 0.485 e. The quantitative estimate of drug-likeness (QED) is 0.239. The molecule has 1 aromatic heterocycles. The third kappa shape index (κ3) is 5.36. The molecule has 0 atom stereocenters. The lowest BCUT2D eigenvalue weighted by Gasteiger charge is -2.28. The van der Waals surface area contributed by atoms with Gasteiger partial charge >= 0.3 is 5.51 Å². The lowest BCUT2D eigenvalue weighted by molar-refractivity contribution is -0.0517. The van der Waals surface area contributed by atoms with Gasteiger partial charge in [-0.1, -0.05) is 54.6 Å². The molecule has 0 bridgehead atoms. The molecular weight excluding hydrogens is 482 g/mol. The number of alkyl halides is 3. The Hall–Kier alpha value is -3.06. The van der Waals surface area contributed by atoms with Crippen LogP contribution in [0.2, 0.25) is 0 Å². The summed E-state index contributed by atoms with van der Waals surface area (Å²) in [5.41, 5.74) is -4.41. The minimum Gasteiger partial charge on any atom is -0.741 e. The van der Waals surface area contributed by atoms with Gasteiger partial charge in [0.25, 0.3) is 0 Å². The zero-order valence-corrected chi connectivity index (χ0v) is 19.8. The topological polar surface area (TPSA) is 70.1 Å². The van der Waals surface area contributed by atoms with Gasteiger partial charge in [-0.05, 0) is 43.3 Å². The average Bonchev–Trinajstić information content (AvgIpc) is 2.82. The Bertz CT molecular complexity index is 1220. The Balaban J connectivity index is 0.000000350. The molecule has 0 aliphatic carbocycles. The van der Waals surface area contributed by atoms with Crippen LogP contribution in [0, 0.1) is 6.92 Å². The highest BCUT2D eigenvalue weighted by Gasteiger charge is 2.48. The summed E-state index contributed by atoms with van der Waals surface area (Å²) < 4.78 is 58.9. The number of rotatable bonds is 4. The highest BCUT2D eigenvalue weighted by molar-refractivity contribution is 8.01. The maximum atomic E-state index is 10.7. The minimum absolute atomic E-state index is 1.23. The van der Waals surface area contributed by atoms with Gasteiger partial charge in [0, 0.05) is 24.0 Å². The van der Waals surface area contributed by atoms with E-state index in [4.69, 9.17) is 13.0 Å². The van der Waals surface area contributed by atoms with Crippen molar-refractivity contribution in [3.63, 3.8) is 0 Å². The lowest BCUT2D eigenvalue weighted by Crippen LogP contribution is -2.39. The Labute approximate surface area is 197 Å². The Morgan fingerprint density at radius 3 is 1.38 bits per heavy atom. The van der Waals surface area contributed by atoms with E-state index >= 15 is 0 Å². The van der Waals surface area contributed by atoms with E-state index in [2.05, 4.69) is 109 Å². The molecular formula is C25H21F3NO3PS. The third-order valence-electron chi connectivity index (χ3n) is 5.07. The Kier molecular flexibility index (Phi) is 7.87. The van der Waals surface area contributed by atoms with Crippen molar-refractivity contribution >= 4 is 38.6 Å². The molecule has 0 unspecified atom stereocenters. The number of hydrogen-bond acceptors (Lipinski definition) is 4. The summed E-state index contributed by atoms with van der Waals surface area (Å²) >= 11 is 0. The molecule has 4 nitrogen and oxygen atoms in total.